The van der Waals surface area contributed by atoms with Crippen molar-refractivity contribution >= 4 is 28.3 Å². The highest BCUT2D eigenvalue weighted by molar-refractivity contribution is 6.31. The second-order valence-electron chi connectivity index (χ2n) is 12.1. The molecule has 0 bridgehead atoms. The lowest BCUT2D eigenvalue weighted by atomic mass is 9.87. The Labute approximate surface area is 277 Å². The van der Waals surface area contributed by atoms with E-state index in [0.29, 0.717) is 38.8 Å². The van der Waals surface area contributed by atoms with Crippen LogP contribution in [-0.4, -0.2) is 5.97 Å². The molecule has 0 saturated heterocycles. The van der Waals surface area contributed by atoms with Crippen LogP contribution in [-0.2, 0) is 24.2 Å². The van der Waals surface area contributed by atoms with Gasteiger partial charge in [-0.3, -0.25) is 4.79 Å². The van der Waals surface area contributed by atoms with Gasteiger partial charge in [-0.05, 0) is 65.3 Å². The van der Waals surface area contributed by atoms with Gasteiger partial charge in [0.2, 0.25) is 11.5 Å². The lowest BCUT2D eigenvalue weighted by molar-refractivity contribution is -0.136. The molecule has 0 aliphatic carbocycles. The summed E-state index contributed by atoms with van der Waals surface area (Å²) in [5.74, 6) is 2.15. The fraction of sp³-hybridized carbons (Fsp3) is 0.275. The van der Waals surface area contributed by atoms with Gasteiger partial charge >= 0.3 is 5.97 Å². The lowest BCUT2D eigenvalue weighted by Crippen LogP contribution is -2.20. The molecule has 0 amide bonds. The summed E-state index contributed by atoms with van der Waals surface area (Å²) < 4.78 is 26.5. The van der Waals surface area contributed by atoms with Crippen LogP contribution in [0.4, 0.5) is 0 Å². The van der Waals surface area contributed by atoms with Gasteiger partial charge in [-0.1, -0.05) is 119 Å². The van der Waals surface area contributed by atoms with Crippen LogP contribution in [0.5, 0.6) is 34.5 Å². The number of ether oxygens (including phenoxy) is 4. The fourth-order valence-electron chi connectivity index (χ4n) is 5.19. The van der Waals surface area contributed by atoms with Crippen molar-refractivity contribution in [3.05, 3.63) is 119 Å². The Morgan fingerprint density at radius 1 is 0.674 bits per heavy atom. The number of hydrogen-bond donors (Lipinski definition) is 0. The third-order valence-electron chi connectivity index (χ3n) is 8.24. The van der Waals surface area contributed by atoms with Crippen LogP contribution in [0.1, 0.15) is 64.2 Å². The van der Waals surface area contributed by atoms with Gasteiger partial charge in [-0.15, -0.1) is 0 Å². The number of benzene rings is 5. The number of rotatable bonds is 13. The molecular formula is C40H41ClO5. The molecule has 0 fully saturated rings. The predicted molar refractivity (Wildman–Crippen MR) is 186 cm³/mol. The number of fused-ring (bicyclic) bond motifs is 1. The van der Waals surface area contributed by atoms with Crippen molar-refractivity contribution in [1.29, 1.82) is 0 Å². The fourth-order valence-corrected chi connectivity index (χ4v) is 5.36. The van der Waals surface area contributed by atoms with Crippen molar-refractivity contribution < 1.29 is 23.7 Å². The first-order valence-electron chi connectivity index (χ1n) is 15.9. The summed E-state index contributed by atoms with van der Waals surface area (Å²) in [4.78, 5) is 13.6. The molecule has 0 spiro atoms. The van der Waals surface area contributed by atoms with E-state index < -0.39 is 0 Å². The molecule has 5 aromatic rings. The van der Waals surface area contributed by atoms with Crippen molar-refractivity contribution in [1.82, 2.24) is 0 Å². The molecule has 5 aromatic carbocycles. The average molecular weight is 637 g/mol. The monoisotopic (exact) mass is 636 g/mol. The minimum absolute atomic E-state index is 0.220. The normalized spacial score (nSPS) is 11.3. The van der Waals surface area contributed by atoms with Gasteiger partial charge < -0.3 is 18.9 Å². The van der Waals surface area contributed by atoms with Crippen LogP contribution in [0, 0.1) is 5.41 Å². The number of hydrogen-bond acceptors (Lipinski definition) is 5. The standard InChI is InChI=1S/C40H41ClO5/c1-6-28-18-12-14-20-33(28)44-38-36(43-26-27-16-10-9-11-17-27)31-23-22-30(41)24-32(31)37(46-35(42)25-40(4,5)8-3)39(38)45-34-21-15-13-19-29(34)7-2/h9-24H,6-8,25-26H2,1-5H3. The summed E-state index contributed by atoms with van der Waals surface area (Å²) in [6, 6.07) is 31.1. The molecule has 5 rings (SSSR count). The van der Waals surface area contributed by atoms with Crippen molar-refractivity contribution in [2.75, 3.05) is 0 Å². The van der Waals surface area contributed by atoms with Gasteiger partial charge in [0.25, 0.3) is 0 Å². The van der Waals surface area contributed by atoms with Crippen LogP contribution in [0.15, 0.2) is 97.1 Å². The number of halogens is 1. The molecular weight excluding hydrogens is 596 g/mol. The summed E-state index contributed by atoms with van der Waals surface area (Å²) in [5.41, 5.74) is 2.74. The molecule has 0 atom stereocenters. The maximum atomic E-state index is 13.6. The van der Waals surface area contributed by atoms with E-state index in [9.17, 15) is 4.79 Å². The number of aryl methyl sites for hydroxylation is 2. The van der Waals surface area contributed by atoms with E-state index in [1.54, 1.807) is 12.1 Å². The van der Waals surface area contributed by atoms with E-state index in [0.717, 1.165) is 36.0 Å². The number of esters is 1. The zero-order valence-corrected chi connectivity index (χ0v) is 27.9. The minimum Gasteiger partial charge on any atom is -0.484 e. The summed E-state index contributed by atoms with van der Waals surface area (Å²) in [5, 5.41) is 1.74. The topological polar surface area (TPSA) is 54.0 Å². The highest BCUT2D eigenvalue weighted by Gasteiger charge is 2.30. The summed E-state index contributed by atoms with van der Waals surface area (Å²) in [7, 11) is 0. The Kier molecular flexibility index (Phi) is 10.5. The molecule has 0 saturated carbocycles. The molecule has 5 nitrogen and oxygen atoms in total. The van der Waals surface area contributed by atoms with Crippen LogP contribution in [0.3, 0.4) is 0 Å². The molecule has 238 valence electrons. The molecule has 0 aliphatic heterocycles. The second kappa shape index (κ2) is 14.7. The van der Waals surface area contributed by atoms with Gasteiger partial charge in [0.1, 0.15) is 18.1 Å². The van der Waals surface area contributed by atoms with Crippen molar-refractivity contribution in [3.8, 4) is 34.5 Å². The first-order valence-corrected chi connectivity index (χ1v) is 16.3. The Morgan fingerprint density at radius 3 is 1.83 bits per heavy atom. The maximum Gasteiger partial charge on any atom is 0.311 e. The van der Waals surface area contributed by atoms with E-state index in [2.05, 4.69) is 34.6 Å². The SMILES string of the molecule is CCc1ccccc1Oc1c(Oc2ccccc2CC)c(OC(=O)CC(C)(C)CC)c2cc(Cl)ccc2c1OCc1ccccc1. The van der Waals surface area contributed by atoms with Crippen LogP contribution in [0.2, 0.25) is 5.02 Å². The van der Waals surface area contributed by atoms with E-state index in [4.69, 9.17) is 30.5 Å². The zero-order valence-electron chi connectivity index (χ0n) is 27.2. The Hall–Kier alpha value is -4.48. The van der Waals surface area contributed by atoms with Crippen LogP contribution >= 0.6 is 11.6 Å². The molecule has 0 aliphatic rings. The molecule has 0 aromatic heterocycles. The van der Waals surface area contributed by atoms with E-state index >= 15 is 0 Å². The van der Waals surface area contributed by atoms with Gasteiger partial charge in [0.15, 0.2) is 11.5 Å². The largest absolute Gasteiger partial charge is 0.484 e. The first kappa shape index (κ1) is 32.9. The van der Waals surface area contributed by atoms with Gasteiger partial charge in [-0.2, -0.15) is 0 Å². The van der Waals surface area contributed by atoms with E-state index in [1.807, 2.05) is 84.9 Å². The minimum atomic E-state index is -0.375. The molecule has 0 heterocycles. The van der Waals surface area contributed by atoms with E-state index in [-0.39, 0.29) is 35.9 Å². The number of carbonyl (C=O) groups excluding carboxylic acids is 1. The lowest BCUT2D eigenvalue weighted by Gasteiger charge is -2.25. The van der Waals surface area contributed by atoms with Gasteiger partial charge in [0, 0.05) is 15.8 Å². The third kappa shape index (κ3) is 7.66. The van der Waals surface area contributed by atoms with Crippen molar-refractivity contribution in [2.24, 2.45) is 5.41 Å². The van der Waals surface area contributed by atoms with Gasteiger partial charge in [-0.25, -0.2) is 0 Å². The van der Waals surface area contributed by atoms with Gasteiger partial charge in [0.05, 0.1) is 6.42 Å². The van der Waals surface area contributed by atoms with E-state index in [1.165, 1.54) is 0 Å². The first-order chi connectivity index (χ1) is 22.2. The van der Waals surface area contributed by atoms with Crippen LogP contribution in [0.25, 0.3) is 10.8 Å². The molecule has 46 heavy (non-hydrogen) atoms. The number of carbonyl (C=O) groups is 1. The van der Waals surface area contributed by atoms with Crippen molar-refractivity contribution in [2.45, 2.75) is 66.9 Å². The quantitative estimate of drug-likeness (QED) is 0.0950. The summed E-state index contributed by atoms with van der Waals surface area (Å²) >= 11 is 6.60. The highest BCUT2D eigenvalue weighted by Crippen LogP contribution is 2.55. The molecule has 6 heteroatoms. The Morgan fingerprint density at radius 2 is 1.24 bits per heavy atom. The average Bonchev–Trinajstić information content (AvgIpc) is 3.06. The highest BCUT2D eigenvalue weighted by atomic mass is 35.5. The molecule has 0 unspecified atom stereocenters. The zero-order chi connectivity index (χ0) is 32.7. The maximum absolute atomic E-state index is 13.6. The third-order valence-corrected chi connectivity index (χ3v) is 8.48. The molecule has 0 N–H and O–H groups in total. The second-order valence-corrected chi connectivity index (χ2v) is 12.5. The Balaban J connectivity index is 1.80. The molecule has 0 radical (unpaired) electrons. The van der Waals surface area contributed by atoms with Crippen LogP contribution < -0.4 is 18.9 Å². The summed E-state index contributed by atoms with van der Waals surface area (Å²) in [6.45, 7) is 10.6. The predicted octanol–water partition coefficient (Wildman–Crippen LogP) is 11.5. The number of para-hydroxylation sites is 2. The Bertz CT molecular complexity index is 1810. The smallest absolute Gasteiger partial charge is 0.311 e. The summed E-state index contributed by atoms with van der Waals surface area (Å²) in [6.07, 6.45) is 2.53. The van der Waals surface area contributed by atoms with Crippen molar-refractivity contribution in [3.63, 3.8) is 0 Å².